The van der Waals surface area contributed by atoms with E-state index in [0.717, 1.165) is 16.4 Å². The molecule has 10 heteroatoms. The Morgan fingerprint density at radius 1 is 1.14 bits per heavy atom. The minimum atomic E-state index is -3.11. The van der Waals surface area contributed by atoms with Gasteiger partial charge in [0.25, 0.3) is 5.69 Å². The lowest BCUT2D eigenvalue weighted by molar-refractivity contribution is -0.384. The predicted molar refractivity (Wildman–Crippen MR) is 112 cm³/mol. The zero-order chi connectivity index (χ0) is 19.9. The van der Waals surface area contributed by atoms with Crippen molar-refractivity contribution >= 4 is 49.7 Å². The number of aliphatic imine (C=N–C) groups is 1. The molecule has 0 aliphatic carbocycles. The fraction of sp³-hybridized carbons (Fsp3) is 0.278. The third-order valence-electron chi connectivity index (χ3n) is 4.73. The van der Waals surface area contributed by atoms with Crippen molar-refractivity contribution in [3.05, 3.63) is 69.2 Å². The minimum absolute atomic E-state index is 0.0505. The van der Waals surface area contributed by atoms with Gasteiger partial charge in [0.2, 0.25) is 0 Å². The van der Waals surface area contributed by atoms with E-state index in [0.29, 0.717) is 10.8 Å². The van der Waals surface area contributed by atoms with Crippen LogP contribution in [-0.4, -0.2) is 42.1 Å². The van der Waals surface area contributed by atoms with Crippen LogP contribution in [0, 0.1) is 10.1 Å². The van der Waals surface area contributed by atoms with Crippen molar-refractivity contribution < 1.29 is 13.3 Å². The van der Waals surface area contributed by atoms with Crippen LogP contribution in [0.5, 0.6) is 0 Å². The molecular formula is C18H16ClN3O4S2. The molecule has 0 N–H and O–H groups in total. The van der Waals surface area contributed by atoms with Gasteiger partial charge in [-0.05, 0) is 29.8 Å². The zero-order valence-corrected chi connectivity index (χ0v) is 17.0. The van der Waals surface area contributed by atoms with E-state index < -0.39 is 14.8 Å². The van der Waals surface area contributed by atoms with Gasteiger partial charge in [0.15, 0.2) is 15.0 Å². The Labute approximate surface area is 171 Å². The molecule has 2 aliphatic rings. The van der Waals surface area contributed by atoms with Gasteiger partial charge in [-0.15, -0.1) is 0 Å². The van der Waals surface area contributed by atoms with Gasteiger partial charge >= 0.3 is 0 Å². The molecule has 2 atom stereocenters. The van der Waals surface area contributed by atoms with Gasteiger partial charge in [0.1, 0.15) is 0 Å². The number of nitrogens with zero attached hydrogens (tertiary/aromatic N) is 3. The second-order valence-electron chi connectivity index (χ2n) is 6.68. The first-order valence-electron chi connectivity index (χ1n) is 8.51. The fourth-order valence-corrected chi connectivity index (χ4v) is 6.45. The lowest BCUT2D eigenvalue weighted by atomic mass is 10.1. The lowest BCUT2D eigenvalue weighted by Gasteiger charge is -2.26. The summed E-state index contributed by atoms with van der Waals surface area (Å²) in [6, 6.07) is 13.2. The molecular weight excluding hydrogens is 422 g/mol. The summed E-state index contributed by atoms with van der Waals surface area (Å²) in [5.41, 5.74) is 1.83. The number of anilines is 1. The molecule has 2 aromatic carbocycles. The van der Waals surface area contributed by atoms with E-state index in [1.54, 1.807) is 24.3 Å². The topological polar surface area (TPSA) is 92.9 Å². The smallest absolute Gasteiger partial charge is 0.269 e. The number of rotatable bonds is 4. The highest BCUT2D eigenvalue weighted by Crippen LogP contribution is 2.36. The number of sulfone groups is 1. The fourth-order valence-electron chi connectivity index (χ4n) is 3.40. The molecule has 28 heavy (non-hydrogen) atoms. The van der Waals surface area contributed by atoms with Crippen molar-refractivity contribution in [2.75, 3.05) is 16.4 Å². The number of thioether (sulfide) groups is 1. The van der Waals surface area contributed by atoms with Gasteiger partial charge in [-0.3, -0.25) is 15.1 Å². The lowest BCUT2D eigenvalue weighted by Crippen LogP contribution is -2.39. The van der Waals surface area contributed by atoms with Crippen LogP contribution >= 0.6 is 23.4 Å². The molecule has 0 saturated carbocycles. The molecule has 0 aromatic heterocycles. The highest BCUT2D eigenvalue weighted by Gasteiger charge is 2.47. The molecule has 4 rings (SSSR count). The highest BCUT2D eigenvalue weighted by atomic mass is 35.5. The standard InChI is InChI=1S/C18H16ClN3O4S2/c19-13-3-7-14(8-4-13)21-17-11-28(25,26)10-16(17)20-18(21)27-9-12-1-5-15(6-2-12)22(23)24/h1-8,16-17H,9-11H2/t16-,17-/m1/s1. The number of non-ortho nitro benzene ring substituents is 1. The predicted octanol–water partition coefficient (Wildman–Crippen LogP) is 3.52. The monoisotopic (exact) mass is 437 g/mol. The van der Waals surface area contributed by atoms with Crippen molar-refractivity contribution in [1.29, 1.82) is 0 Å². The van der Waals surface area contributed by atoms with Gasteiger partial charge < -0.3 is 4.90 Å². The number of halogens is 1. The van der Waals surface area contributed by atoms with E-state index in [-0.39, 0.29) is 29.3 Å². The average Bonchev–Trinajstić information content (AvgIpc) is 3.12. The second-order valence-corrected chi connectivity index (χ2v) is 10.2. The summed E-state index contributed by atoms with van der Waals surface area (Å²) >= 11 is 7.48. The van der Waals surface area contributed by atoms with Crippen LogP contribution in [0.15, 0.2) is 53.5 Å². The molecule has 2 aromatic rings. The average molecular weight is 438 g/mol. The molecule has 0 unspecified atom stereocenters. The first-order chi connectivity index (χ1) is 13.3. The molecule has 0 radical (unpaired) electrons. The van der Waals surface area contributed by atoms with Crippen LogP contribution < -0.4 is 4.90 Å². The molecule has 1 saturated heterocycles. The van der Waals surface area contributed by atoms with E-state index in [4.69, 9.17) is 11.6 Å². The summed E-state index contributed by atoms with van der Waals surface area (Å²) in [7, 11) is -3.11. The van der Waals surface area contributed by atoms with E-state index >= 15 is 0 Å². The summed E-state index contributed by atoms with van der Waals surface area (Å²) < 4.78 is 24.1. The van der Waals surface area contributed by atoms with Gasteiger partial charge in [-0.25, -0.2) is 8.42 Å². The number of amidine groups is 1. The van der Waals surface area contributed by atoms with E-state index in [1.165, 1.54) is 23.9 Å². The Bertz CT molecular complexity index is 1040. The van der Waals surface area contributed by atoms with Crippen LogP contribution in [0.2, 0.25) is 5.02 Å². The Kier molecular flexibility index (Phi) is 5.07. The molecule has 2 aliphatic heterocycles. The van der Waals surface area contributed by atoms with Crippen LogP contribution in [0.25, 0.3) is 0 Å². The van der Waals surface area contributed by atoms with Crippen LogP contribution in [-0.2, 0) is 15.6 Å². The number of hydrogen-bond donors (Lipinski definition) is 0. The largest absolute Gasteiger partial charge is 0.315 e. The van der Waals surface area contributed by atoms with Gasteiger partial charge in [0.05, 0.1) is 28.5 Å². The van der Waals surface area contributed by atoms with Crippen molar-refractivity contribution in [3.8, 4) is 0 Å². The highest BCUT2D eigenvalue weighted by molar-refractivity contribution is 8.13. The number of fused-ring (bicyclic) bond motifs is 1. The normalized spacial score (nSPS) is 22.8. The third-order valence-corrected chi connectivity index (χ3v) is 7.72. The van der Waals surface area contributed by atoms with E-state index in [1.807, 2.05) is 17.0 Å². The van der Waals surface area contributed by atoms with Crippen LogP contribution in [0.3, 0.4) is 0 Å². The van der Waals surface area contributed by atoms with Crippen LogP contribution in [0.1, 0.15) is 5.56 Å². The second kappa shape index (κ2) is 7.38. The Balaban J connectivity index is 1.57. The summed E-state index contributed by atoms with van der Waals surface area (Å²) in [6.45, 7) is 0. The minimum Gasteiger partial charge on any atom is -0.315 e. The van der Waals surface area contributed by atoms with Gasteiger partial charge in [-0.2, -0.15) is 0 Å². The molecule has 7 nitrogen and oxygen atoms in total. The van der Waals surface area contributed by atoms with Gasteiger partial charge in [0, 0.05) is 28.6 Å². The molecule has 146 valence electrons. The van der Waals surface area contributed by atoms with E-state index in [9.17, 15) is 18.5 Å². The van der Waals surface area contributed by atoms with Crippen molar-refractivity contribution in [2.24, 2.45) is 4.99 Å². The summed E-state index contributed by atoms with van der Waals surface area (Å²) in [6.07, 6.45) is 0. The Hall–Kier alpha value is -2.10. The summed E-state index contributed by atoms with van der Waals surface area (Å²) in [5.74, 6) is 0.710. The Morgan fingerprint density at radius 2 is 1.82 bits per heavy atom. The number of hydrogen-bond acceptors (Lipinski definition) is 7. The first kappa shape index (κ1) is 19.2. The van der Waals surface area contributed by atoms with E-state index in [2.05, 4.69) is 4.99 Å². The number of nitro groups is 1. The number of benzene rings is 2. The molecule has 2 heterocycles. The molecule has 1 fully saturated rings. The SMILES string of the molecule is O=[N+]([O-])c1ccc(CSC2=N[C@@H]3CS(=O)(=O)C[C@H]3N2c2ccc(Cl)cc2)cc1. The number of nitro benzene ring substituents is 1. The first-order valence-corrected chi connectivity index (χ1v) is 11.7. The molecule has 0 spiro atoms. The quantitative estimate of drug-likeness (QED) is 0.536. The summed E-state index contributed by atoms with van der Waals surface area (Å²) in [4.78, 5) is 17.0. The van der Waals surface area contributed by atoms with Crippen molar-refractivity contribution in [1.82, 2.24) is 0 Å². The molecule has 0 bridgehead atoms. The van der Waals surface area contributed by atoms with Crippen molar-refractivity contribution in [3.63, 3.8) is 0 Å². The zero-order valence-electron chi connectivity index (χ0n) is 14.6. The van der Waals surface area contributed by atoms with Crippen molar-refractivity contribution in [2.45, 2.75) is 17.8 Å². The molecule has 0 amide bonds. The van der Waals surface area contributed by atoms with Gasteiger partial charge in [-0.1, -0.05) is 35.5 Å². The summed E-state index contributed by atoms with van der Waals surface area (Å²) in [5, 5.41) is 12.1. The maximum atomic E-state index is 12.1. The maximum absolute atomic E-state index is 12.1. The maximum Gasteiger partial charge on any atom is 0.269 e. The Morgan fingerprint density at radius 3 is 2.46 bits per heavy atom. The van der Waals surface area contributed by atoms with Crippen LogP contribution in [0.4, 0.5) is 11.4 Å². The third kappa shape index (κ3) is 3.87.